The molecule has 4 nitrogen and oxygen atoms in total. The number of hydrogen-bond donors (Lipinski definition) is 1. The van der Waals surface area contributed by atoms with Crippen molar-refractivity contribution in [3.05, 3.63) is 40.7 Å². The van der Waals surface area contributed by atoms with Gasteiger partial charge in [-0.1, -0.05) is 49.7 Å². The van der Waals surface area contributed by atoms with E-state index in [0.29, 0.717) is 11.8 Å². The molecule has 0 saturated heterocycles. The Kier molecular flexibility index (Phi) is 6.07. The molecular formula is C21H29N3OS. The standard InChI is InChI=1S/C21H29N3OS/c1-5-17-10-8-9-14(2)20(17)23-19(25)13-26-21-22-15(3)16(4)24(21)18-11-6-7-12-18/h8-10,18H,5-7,11-13H2,1-4H3,(H,23,25). The van der Waals surface area contributed by atoms with Gasteiger partial charge in [0.15, 0.2) is 5.16 Å². The lowest BCUT2D eigenvalue weighted by Crippen LogP contribution is -2.17. The third-order valence-corrected chi connectivity index (χ3v) is 6.33. The number of nitrogens with one attached hydrogen (secondary N) is 1. The summed E-state index contributed by atoms with van der Waals surface area (Å²) in [5.74, 6) is 0.426. The smallest absolute Gasteiger partial charge is 0.234 e. The molecule has 1 aliphatic rings. The maximum Gasteiger partial charge on any atom is 0.234 e. The first-order chi connectivity index (χ1) is 12.5. The molecule has 0 unspecified atom stereocenters. The lowest BCUT2D eigenvalue weighted by molar-refractivity contribution is -0.113. The van der Waals surface area contributed by atoms with Crippen molar-refractivity contribution in [3.63, 3.8) is 0 Å². The highest BCUT2D eigenvalue weighted by atomic mass is 32.2. The number of nitrogens with zero attached hydrogens (tertiary/aromatic N) is 2. The summed E-state index contributed by atoms with van der Waals surface area (Å²) in [5, 5.41) is 4.10. The highest BCUT2D eigenvalue weighted by molar-refractivity contribution is 7.99. The van der Waals surface area contributed by atoms with E-state index in [2.05, 4.69) is 36.7 Å². The van der Waals surface area contributed by atoms with Crippen molar-refractivity contribution in [2.24, 2.45) is 0 Å². The number of aryl methyl sites for hydroxylation is 3. The Bertz CT molecular complexity index is 791. The second-order valence-corrected chi connectivity index (χ2v) is 8.12. The molecule has 1 saturated carbocycles. The summed E-state index contributed by atoms with van der Waals surface area (Å²) in [7, 11) is 0. The van der Waals surface area contributed by atoms with Crippen LogP contribution in [0, 0.1) is 20.8 Å². The van der Waals surface area contributed by atoms with Crippen LogP contribution < -0.4 is 5.32 Å². The average Bonchev–Trinajstić information content (AvgIpc) is 3.23. The third kappa shape index (κ3) is 3.98. The third-order valence-electron chi connectivity index (χ3n) is 5.38. The van der Waals surface area contributed by atoms with Gasteiger partial charge < -0.3 is 9.88 Å². The number of rotatable bonds is 6. The van der Waals surface area contributed by atoms with Crippen molar-refractivity contribution >= 4 is 23.4 Å². The van der Waals surface area contributed by atoms with Crippen molar-refractivity contribution in [3.8, 4) is 0 Å². The Morgan fingerprint density at radius 2 is 2.00 bits per heavy atom. The largest absolute Gasteiger partial charge is 0.325 e. The minimum Gasteiger partial charge on any atom is -0.325 e. The van der Waals surface area contributed by atoms with Crippen molar-refractivity contribution in [1.29, 1.82) is 0 Å². The van der Waals surface area contributed by atoms with Crippen LogP contribution in [0.3, 0.4) is 0 Å². The predicted molar refractivity (Wildman–Crippen MR) is 109 cm³/mol. The van der Waals surface area contributed by atoms with E-state index >= 15 is 0 Å². The maximum atomic E-state index is 12.6. The fourth-order valence-corrected chi connectivity index (χ4v) is 4.76. The Hall–Kier alpha value is -1.75. The maximum absolute atomic E-state index is 12.6. The van der Waals surface area contributed by atoms with Crippen LogP contribution in [0.4, 0.5) is 5.69 Å². The zero-order chi connectivity index (χ0) is 18.7. The number of aromatic nitrogens is 2. The van der Waals surface area contributed by atoms with E-state index < -0.39 is 0 Å². The lowest BCUT2D eigenvalue weighted by Gasteiger charge is -2.17. The van der Waals surface area contributed by atoms with Gasteiger partial charge in [-0.3, -0.25) is 4.79 Å². The normalized spacial score (nSPS) is 14.8. The second-order valence-electron chi connectivity index (χ2n) is 7.17. The lowest BCUT2D eigenvalue weighted by atomic mass is 10.1. The minimum atomic E-state index is 0.0373. The molecule has 1 heterocycles. The van der Waals surface area contributed by atoms with Crippen LogP contribution in [0.25, 0.3) is 0 Å². The molecule has 1 N–H and O–H groups in total. The van der Waals surface area contributed by atoms with Crippen LogP contribution in [-0.4, -0.2) is 21.2 Å². The number of amides is 1. The summed E-state index contributed by atoms with van der Waals surface area (Å²) < 4.78 is 2.37. The molecule has 26 heavy (non-hydrogen) atoms. The molecule has 0 spiro atoms. The Labute approximate surface area is 160 Å². The van der Waals surface area contributed by atoms with Crippen LogP contribution in [-0.2, 0) is 11.2 Å². The Balaban J connectivity index is 1.70. The van der Waals surface area contributed by atoms with E-state index in [9.17, 15) is 4.79 Å². The van der Waals surface area contributed by atoms with E-state index in [4.69, 9.17) is 4.98 Å². The van der Waals surface area contributed by atoms with Gasteiger partial charge in [0.25, 0.3) is 0 Å². The Morgan fingerprint density at radius 3 is 2.69 bits per heavy atom. The van der Waals surface area contributed by atoms with Gasteiger partial charge in [0.2, 0.25) is 5.91 Å². The highest BCUT2D eigenvalue weighted by Gasteiger charge is 2.23. The molecule has 1 fully saturated rings. The van der Waals surface area contributed by atoms with Gasteiger partial charge in [0.1, 0.15) is 0 Å². The zero-order valence-corrected chi connectivity index (χ0v) is 17.1. The van der Waals surface area contributed by atoms with Crippen LogP contribution >= 0.6 is 11.8 Å². The van der Waals surface area contributed by atoms with Crippen molar-refractivity contribution in [2.75, 3.05) is 11.1 Å². The first-order valence-electron chi connectivity index (χ1n) is 9.57. The zero-order valence-electron chi connectivity index (χ0n) is 16.3. The number of carbonyl (C=O) groups excluding carboxylic acids is 1. The molecule has 1 aromatic carbocycles. The number of para-hydroxylation sites is 1. The second kappa shape index (κ2) is 8.30. The first-order valence-corrected chi connectivity index (χ1v) is 10.6. The van der Waals surface area contributed by atoms with E-state index in [1.165, 1.54) is 36.9 Å². The number of imidazole rings is 1. The summed E-state index contributed by atoms with van der Waals surface area (Å²) in [6.07, 6.45) is 5.94. The van der Waals surface area contributed by atoms with Crippen molar-refractivity contribution in [2.45, 2.75) is 71.0 Å². The van der Waals surface area contributed by atoms with E-state index in [1.807, 2.05) is 19.1 Å². The molecule has 3 rings (SSSR count). The van der Waals surface area contributed by atoms with Crippen LogP contribution in [0.15, 0.2) is 23.4 Å². The molecule has 1 aromatic heterocycles. The number of thioether (sulfide) groups is 1. The van der Waals surface area contributed by atoms with Gasteiger partial charge >= 0.3 is 0 Å². The highest BCUT2D eigenvalue weighted by Crippen LogP contribution is 2.35. The molecule has 0 bridgehead atoms. The fourth-order valence-electron chi connectivity index (χ4n) is 3.80. The molecule has 140 valence electrons. The average molecular weight is 372 g/mol. The van der Waals surface area contributed by atoms with Crippen LogP contribution in [0.2, 0.25) is 0 Å². The SMILES string of the molecule is CCc1cccc(C)c1NC(=O)CSc1nc(C)c(C)n1C1CCCC1. The molecule has 5 heteroatoms. The van der Waals surface area contributed by atoms with Gasteiger partial charge in [0, 0.05) is 17.4 Å². The van der Waals surface area contributed by atoms with Gasteiger partial charge in [0.05, 0.1) is 11.4 Å². The molecule has 1 amide bonds. The van der Waals surface area contributed by atoms with E-state index in [1.54, 1.807) is 11.8 Å². The summed E-state index contributed by atoms with van der Waals surface area (Å²) >= 11 is 1.56. The number of anilines is 1. The first kappa shape index (κ1) is 19.0. The quantitative estimate of drug-likeness (QED) is 0.709. The van der Waals surface area contributed by atoms with Crippen LogP contribution in [0.1, 0.15) is 61.2 Å². The number of hydrogen-bond acceptors (Lipinski definition) is 3. The minimum absolute atomic E-state index is 0.0373. The Morgan fingerprint density at radius 1 is 1.27 bits per heavy atom. The van der Waals surface area contributed by atoms with Crippen molar-refractivity contribution < 1.29 is 4.79 Å². The van der Waals surface area contributed by atoms with E-state index in [-0.39, 0.29) is 5.91 Å². The topological polar surface area (TPSA) is 46.9 Å². The van der Waals surface area contributed by atoms with Crippen LogP contribution in [0.5, 0.6) is 0 Å². The molecule has 0 radical (unpaired) electrons. The summed E-state index contributed by atoms with van der Waals surface area (Å²) in [5.41, 5.74) is 5.58. The monoisotopic (exact) mass is 371 g/mol. The molecule has 0 aliphatic heterocycles. The summed E-state index contributed by atoms with van der Waals surface area (Å²) in [6.45, 7) is 8.36. The van der Waals surface area contributed by atoms with E-state index in [0.717, 1.165) is 28.5 Å². The fraction of sp³-hybridized carbons (Fsp3) is 0.524. The summed E-state index contributed by atoms with van der Waals surface area (Å²) in [4.78, 5) is 17.3. The summed E-state index contributed by atoms with van der Waals surface area (Å²) in [6, 6.07) is 6.71. The van der Waals surface area contributed by atoms with Gasteiger partial charge in [-0.05, 0) is 51.2 Å². The van der Waals surface area contributed by atoms with Gasteiger partial charge in [-0.15, -0.1) is 0 Å². The van der Waals surface area contributed by atoms with Crippen molar-refractivity contribution in [1.82, 2.24) is 9.55 Å². The molecule has 0 atom stereocenters. The molecule has 2 aromatic rings. The molecular weight excluding hydrogens is 342 g/mol. The number of carbonyl (C=O) groups is 1. The van der Waals surface area contributed by atoms with Gasteiger partial charge in [-0.2, -0.15) is 0 Å². The number of benzene rings is 1. The van der Waals surface area contributed by atoms with Gasteiger partial charge in [-0.25, -0.2) is 4.98 Å². The predicted octanol–water partition coefficient (Wildman–Crippen LogP) is 5.22. The molecule has 1 aliphatic carbocycles.